The largest absolute Gasteiger partial charge is 0.351 e. The molecule has 0 unspecified atom stereocenters. The van der Waals surface area contributed by atoms with Crippen molar-refractivity contribution < 1.29 is 9.59 Å². The fourth-order valence-electron chi connectivity index (χ4n) is 6.13. The highest BCUT2D eigenvalue weighted by atomic mass is 16.2. The van der Waals surface area contributed by atoms with Gasteiger partial charge in [-0.2, -0.15) is 0 Å². The summed E-state index contributed by atoms with van der Waals surface area (Å²) in [4.78, 5) is 25.4. The first-order valence-electron chi connectivity index (χ1n) is 10.4. The Morgan fingerprint density at radius 3 is 2.04 bits per heavy atom. The maximum atomic E-state index is 12.8. The Morgan fingerprint density at radius 2 is 1.52 bits per heavy atom. The van der Waals surface area contributed by atoms with E-state index in [-0.39, 0.29) is 17.4 Å². The zero-order valence-electron chi connectivity index (χ0n) is 16.8. The van der Waals surface area contributed by atoms with Gasteiger partial charge in [0, 0.05) is 23.1 Å². The molecule has 2 amide bonds. The molecule has 4 fully saturated rings. The summed E-state index contributed by atoms with van der Waals surface area (Å²) in [6, 6.07) is 7.52. The van der Waals surface area contributed by atoms with Gasteiger partial charge in [-0.1, -0.05) is 17.7 Å². The van der Waals surface area contributed by atoms with Gasteiger partial charge in [0.2, 0.25) is 5.91 Å². The van der Waals surface area contributed by atoms with Gasteiger partial charge in [-0.25, -0.2) is 0 Å². The lowest BCUT2D eigenvalue weighted by atomic mass is 9.53. The van der Waals surface area contributed by atoms with Gasteiger partial charge in [0.05, 0.1) is 0 Å². The molecule has 4 heteroatoms. The van der Waals surface area contributed by atoms with Crippen LogP contribution in [0.1, 0.15) is 74.7 Å². The van der Waals surface area contributed by atoms with Crippen LogP contribution in [0.15, 0.2) is 24.3 Å². The van der Waals surface area contributed by atoms with Crippen molar-refractivity contribution in [2.45, 2.75) is 76.8 Å². The van der Waals surface area contributed by atoms with Gasteiger partial charge >= 0.3 is 0 Å². The average Bonchev–Trinajstić information content (AvgIpc) is 2.52. The Labute approximate surface area is 162 Å². The van der Waals surface area contributed by atoms with E-state index in [0.717, 1.165) is 42.6 Å². The monoisotopic (exact) mass is 368 g/mol. The minimum Gasteiger partial charge on any atom is -0.351 e. The summed E-state index contributed by atoms with van der Waals surface area (Å²) in [6.07, 6.45) is 7.88. The summed E-state index contributed by atoms with van der Waals surface area (Å²) >= 11 is 0. The normalized spacial score (nSPS) is 31.6. The highest BCUT2D eigenvalue weighted by Gasteiger charge is 2.51. The molecule has 0 aliphatic heterocycles. The molecule has 4 bridgehead atoms. The lowest BCUT2D eigenvalue weighted by Crippen LogP contribution is -2.60. The van der Waals surface area contributed by atoms with E-state index < -0.39 is 5.54 Å². The lowest BCUT2D eigenvalue weighted by molar-refractivity contribution is -0.127. The molecular weight excluding hydrogens is 336 g/mol. The smallest absolute Gasteiger partial charge is 0.251 e. The zero-order chi connectivity index (χ0) is 19.2. The molecule has 2 N–H and O–H groups in total. The molecule has 5 rings (SSSR count). The highest BCUT2D eigenvalue weighted by Crippen LogP contribution is 2.55. The van der Waals surface area contributed by atoms with E-state index in [1.165, 1.54) is 19.3 Å². The van der Waals surface area contributed by atoms with Crippen molar-refractivity contribution in [2.75, 3.05) is 0 Å². The molecule has 0 spiro atoms. The van der Waals surface area contributed by atoms with Crippen LogP contribution in [-0.4, -0.2) is 22.9 Å². The van der Waals surface area contributed by atoms with Crippen LogP contribution in [0.2, 0.25) is 0 Å². The zero-order valence-corrected chi connectivity index (χ0v) is 16.8. The maximum Gasteiger partial charge on any atom is 0.251 e. The van der Waals surface area contributed by atoms with Crippen molar-refractivity contribution in [3.8, 4) is 0 Å². The summed E-state index contributed by atoms with van der Waals surface area (Å²) < 4.78 is 0. The molecule has 146 valence electrons. The van der Waals surface area contributed by atoms with E-state index in [2.05, 4.69) is 10.6 Å². The molecule has 4 nitrogen and oxygen atoms in total. The third-order valence-electron chi connectivity index (χ3n) is 6.81. The number of nitrogens with one attached hydrogen (secondary N) is 2. The first-order valence-corrected chi connectivity index (χ1v) is 10.4. The molecule has 4 saturated carbocycles. The van der Waals surface area contributed by atoms with Crippen molar-refractivity contribution in [2.24, 2.45) is 17.8 Å². The quantitative estimate of drug-likeness (QED) is 0.826. The summed E-state index contributed by atoms with van der Waals surface area (Å²) in [5, 5.41) is 6.44. The van der Waals surface area contributed by atoms with Crippen molar-refractivity contribution in [1.29, 1.82) is 0 Å². The molecule has 4 aliphatic rings. The van der Waals surface area contributed by atoms with Crippen molar-refractivity contribution in [3.05, 3.63) is 35.4 Å². The van der Waals surface area contributed by atoms with Gasteiger partial charge in [0.1, 0.15) is 0 Å². The fourth-order valence-corrected chi connectivity index (χ4v) is 6.13. The number of aryl methyl sites for hydroxylation is 1. The molecule has 0 saturated heterocycles. The standard InChI is InChI=1S/C23H32N2O2/c1-15-4-6-19(7-5-15)21(27)25-22(2,3)14-20(26)24-23-11-16-8-17(12-23)10-18(9-16)13-23/h4-7,16-18H,8-14H2,1-3H3,(H,24,26)(H,25,27). The topological polar surface area (TPSA) is 58.2 Å². The Hall–Kier alpha value is -1.84. The highest BCUT2D eigenvalue weighted by molar-refractivity contribution is 5.95. The number of rotatable bonds is 5. The molecule has 0 atom stereocenters. The van der Waals surface area contributed by atoms with E-state index in [4.69, 9.17) is 0 Å². The van der Waals surface area contributed by atoms with Gasteiger partial charge in [-0.3, -0.25) is 9.59 Å². The van der Waals surface area contributed by atoms with Crippen molar-refractivity contribution in [1.82, 2.24) is 10.6 Å². The van der Waals surface area contributed by atoms with Crippen LogP contribution in [0.5, 0.6) is 0 Å². The SMILES string of the molecule is Cc1ccc(C(=O)NC(C)(C)CC(=O)NC23CC4CC(CC(C4)C2)C3)cc1. The van der Waals surface area contributed by atoms with Gasteiger partial charge in [-0.15, -0.1) is 0 Å². The number of amides is 2. The molecule has 0 heterocycles. The Kier molecular flexibility index (Phi) is 4.56. The summed E-state index contributed by atoms with van der Waals surface area (Å²) in [5.74, 6) is 2.39. The van der Waals surface area contributed by atoms with E-state index in [1.54, 1.807) is 0 Å². The Balaban J connectivity index is 1.35. The minimum atomic E-state index is -0.575. The van der Waals surface area contributed by atoms with Crippen molar-refractivity contribution >= 4 is 11.8 Å². The fraction of sp³-hybridized carbons (Fsp3) is 0.652. The number of hydrogen-bond acceptors (Lipinski definition) is 2. The van der Waals surface area contributed by atoms with E-state index in [0.29, 0.717) is 12.0 Å². The first-order chi connectivity index (χ1) is 12.7. The predicted molar refractivity (Wildman–Crippen MR) is 106 cm³/mol. The van der Waals surface area contributed by atoms with Crippen LogP contribution in [-0.2, 0) is 4.79 Å². The van der Waals surface area contributed by atoms with E-state index in [9.17, 15) is 9.59 Å². The van der Waals surface area contributed by atoms with Gasteiger partial charge < -0.3 is 10.6 Å². The van der Waals surface area contributed by atoms with Gasteiger partial charge in [-0.05, 0) is 89.2 Å². The van der Waals surface area contributed by atoms with Gasteiger partial charge in [0.15, 0.2) is 0 Å². The van der Waals surface area contributed by atoms with Crippen LogP contribution >= 0.6 is 0 Å². The second-order valence-corrected chi connectivity index (χ2v) is 10.1. The second kappa shape index (κ2) is 6.65. The lowest BCUT2D eigenvalue weighted by Gasteiger charge is -2.57. The predicted octanol–water partition coefficient (Wildman–Crippen LogP) is 3.98. The maximum absolute atomic E-state index is 12.8. The summed E-state index contributed by atoms with van der Waals surface area (Å²) in [5.41, 5.74) is 1.22. The summed E-state index contributed by atoms with van der Waals surface area (Å²) in [7, 11) is 0. The van der Waals surface area contributed by atoms with Crippen LogP contribution in [0.4, 0.5) is 0 Å². The van der Waals surface area contributed by atoms with Crippen molar-refractivity contribution in [3.63, 3.8) is 0 Å². The van der Waals surface area contributed by atoms with Crippen LogP contribution in [0.3, 0.4) is 0 Å². The van der Waals surface area contributed by atoms with E-state index in [1.807, 2.05) is 45.0 Å². The minimum absolute atomic E-state index is 0.0306. The molecule has 0 aromatic heterocycles. The van der Waals surface area contributed by atoms with Crippen LogP contribution in [0, 0.1) is 24.7 Å². The molecule has 27 heavy (non-hydrogen) atoms. The number of benzene rings is 1. The average molecular weight is 369 g/mol. The molecule has 4 aliphatic carbocycles. The summed E-state index contributed by atoms with van der Waals surface area (Å²) in [6.45, 7) is 5.86. The Bertz CT molecular complexity index is 700. The number of carbonyl (C=O) groups is 2. The molecule has 1 aromatic rings. The van der Waals surface area contributed by atoms with E-state index >= 15 is 0 Å². The van der Waals surface area contributed by atoms with Crippen LogP contribution < -0.4 is 10.6 Å². The third kappa shape index (κ3) is 4.04. The number of hydrogen-bond donors (Lipinski definition) is 2. The molecular formula is C23H32N2O2. The Morgan fingerprint density at radius 1 is 1.00 bits per heavy atom. The second-order valence-electron chi connectivity index (χ2n) is 10.1. The molecule has 1 aromatic carbocycles. The third-order valence-corrected chi connectivity index (χ3v) is 6.81. The first kappa shape index (κ1) is 18.5. The van der Waals surface area contributed by atoms with Crippen LogP contribution in [0.25, 0.3) is 0 Å². The molecule has 0 radical (unpaired) electrons. The van der Waals surface area contributed by atoms with Gasteiger partial charge in [0.25, 0.3) is 5.91 Å². The number of carbonyl (C=O) groups excluding carboxylic acids is 2.